The summed E-state index contributed by atoms with van der Waals surface area (Å²) in [7, 11) is 1.51. The van der Waals surface area contributed by atoms with Gasteiger partial charge in [-0.15, -0.1) is 0 Å². The first-order valence-corrected chi connectivity index (χ1v) is 12.5. The van der Waals surface area contributed by atoms with Gasteiger partial charge in [0.1, 0.15) is 18.0 Å². The number of ether oxygens (including phenoxy) is 1. The fourth-order valence-electron chi connectivity index (χ4n) is 5.49. The van der Waals surface area contributed by atoms with Gasteiger partial charge in [-0.1, -0.05) is 39.3 Å². The van der Waals surface area contributed by atoms with E-state index in [2.05, 4.69) is 26.8 Å². The summed E-state index contributed by atoms with van der Waals surface area (Å²) in [5.74, 6) is -0.563. The minimum atomic E-state index is -1.57. The molecule has 9 atom stereocenters. The Morgan fingerprint density at radius 3 is 2.34 bits per heavy atom. The molecule has 0 radical (unpaired) electrons. The minimum absolute atomic E-state index is 0.0366. The van der Waals surface area contributed by atoms with Crippen molar-refractivity contribution in [2.24, 2.45) is 18.9 Å². The van der Waals surface area contributed by atoms with E-state index >= 15 is 0 Å². The number of allylic oxidation sites excluding steroid dienone is 1. The minimum Gasteiger partial charge on any atom is -0.507 e. The highest BCUT2D eigenvalue weighted by Crippen LogP contribution is 2.43. The van der Waals surface area contributed by atoms with E-state index in [1.807, 2.05) is 19.9 Å². The molecule has 1 aromatic heterocycles. The van der Waals surface area contributed by atoms with Gasteiger partial charge in [-0.05, 0) is 49.7 Å². The van der Waals surface area contributed by atoms with E-state index in [0.29, 0.717) is 18.3 Å². The zero-order valence-electron chi connectivity index (χ0n) is 21.5. The second-order valence-electron chi connectivity index (χ2n) is 10.6. The van der Waals surface area contributed by atoms with Crippen molar-refractivity contribution < 1.29 is 30.3 Å². The maximum atomic E-state index is 13.1. The van der Waals surface area contributed by atoms with Gasteiger partial charge in [-0.3, -0.25) is 4.79 Å². The molecular formula is C27H41NO7. The van der Waals surface area contributed by atoms with Crippen molar-refractivity contribution in [1.29, 1.82) is 0 Å². The third-order valence-corrected chi connectivity index (χ3v) is 7.68. The van der Waals surface area contributed by atoms with E-state index in [4.69, 9.17) is 4.74 Å². The Kier molecular flexibility index (Phi) is 8.65. The molecular weight excluding hydrogens is 450 g/mol. The van der Waals surface area contributed by atoms with Crippen molar-refractivity contribution in [3.63, 3.8) is 0 Å². The predicted octanol–water partition coefficient (Wildman–Crippen LogP) is 2.43. The number of aromatic hydroxyl groups is 1. The van der Waals surface area contributed by atoms with Gasteiger partial charge in [-0.2, -0.15) is 0 Å². The predicted molar refractivity (Wildman–Crippen MR) is 133 cm³/mol. The van der Waals surface area contributed by atoms with Gasteiger partial charge in [-0.25, -0.2) is 0 Å². The summed E-state index contributed by atoms with van der Waals surface area (Å²) in [4.78, 5) is 13.1. The van der Waals surface area contributed by atoms with E-state index in [1.54, 1.807) is 0 Å². The quantitative estimate of drug-likeness (QED) is 0.370. The summed E-state index contributed by atoms with van der Waals surface area (Å²) in [6.45, 7) is 10.6. The number of nitrogens with zero attached hydrogens (tertiary/aromatic N) is 1. The highest BCUT2D eigenvalue weighted by Gasteiger charge is 2.50. The molecule has 1 aliphatic heterocycles. The molecule has 1 aliphatic carbocycles. The summed E-state index contributed by atoms with van der Waals surface area (Å²) in [6.07, 6.45) is 0.890. The van der Waals surface area contributed by atoms with Gasteiger partial charge in [0.25, 0.3) is 5.56 Å². The molecule has 0 spiro atoms. The molecule has 8 heteroatoms. The molecule has 2 heterocycles. The topological polar surface area (TPSA) is 132 Å². The highest BCUT2D eigenvalue weighted by atomic mass is 16.5. The van der Waals surface area contributed by atoms with E-state index in [9.17, 15) is 30.3 Å². The van der Waals surface area contributed by atoms with Crippen molar-refractivity contribution >= 4 is 0 Å². The van der Waals surface area contributed by atoms with Gasteiger partial charge in [0.2, 0.25) is 0 Å². The Morgan fingerprint density at radius 2 is 1.77 bits per heavy atom. The lowest BCUT2D eigenvalue weighted by Crippen LogP contribution is -2.32. The standard InChI is InChI=1S/C27H41NO7/c1-7-13(2)10-14(3)11-16(5)26-15(4)8-9-18(35-26)20-21(29)17(12-28(6)27(20)34)19-22(30)24(32)25(33)23(19)31/h8,11-14,18-19,22-26,29-33H,7,9-10H2,1-6H3/b16-11+/t13-,14+,18-,19?,22-,23+,24-,25+,26+/m1/s1. The van der Waals surface area contributed by atoms with Crippen LogP contribution in [0.25, 0.3) is 0 Å². The van der Waals surface area contributed by atoms with Crippen molar-refractivity contribution in [2.75, 3.05) is 0 Å². The molecule has 1 saturated carbocycles. The number of aromatic nitrogens is 1. The van der Waals surface area contributed by atoms with Crippen LogP contribution in [0.2, 0.25) is 0 Å². The second kappa shape index (κ2) is 11.0. The molecule has 0 amide bonds. The van der Waals surface area contributed by atoms with Gasteiger partial charge >= 0.3 is 0 Å². The molecule has 3 rings (SSSR count). The number of hydrogen-bond acceptors (Lipinski definition) is 7. The third-order valence-electron chi connectivity index (χ3n) is 7.68. The first-order chi connectivity index (χ1) is 16.4. The van der Waals surface area contributed by atoms with Crippen LogP contribution in [0, 0.1) is 11.8 Å². The van der Waals surface area contributed by atoms with Crippen LogP contribution in [0.1, 0.15) is 77.0 Å². The summed E-state index contributed by atoms with van der Waals surface area (Å²) >= 11 is 0. The van der Waals surface area contributed by atoms with Crippen molar-refractivity contribution in [1.82, 2.24) is 4.57 Å². The Hall–Kier alpha value is -1.97. The molecule has 8 nitrogen and oxygen atoms in total. The third kappa shape index (κ3) is 5.42. The number of aryl methyl sites for hydroxylation is 1. The maximum Gasteiger partial charge on any atom is 0.259 e. The number of hydrogen-bond donors (Lipinski definition) is 5. The lowest BCUT2D eigenvalue weighted by atomic mass is 9.89. The average Bonchev–Trinajstić information content (AvgIpc) is 2.99. The molecule has 196 valence electrons. The summed E-state index contributed by atoms with van der Waals surface area (Å²) < 4.78 is 7.64. The second-order valence-corrected chi connectivity index (χ2v) is 10.6. The van der Waals surface area contributed by atoms with Gasteiger partial charge in [0, 0.05) is 24.7 Å². The number of pyridine rings is 1. The molecule has 0 bridgehead atoms. The Balaban J connectivity index is 1.96. The average molecular weight is 492 g/mol. The van der Waals surface area contributed by atoms with Crippen LogP contribution in [0.5, 0.6) is 5.75 Å². The van der Waals surface area contributed by atoms with Crippen LogP contribution >= 0.6 is 0 Å². The van der Waals surface area contributed by atoms with E-state index in [0.717, 1.165) is 24.0 Å². The normalized spacial score (nSPS) is 33.5. The van der Waals surface area contributed by atoms with E-state index in [1.165, 1.54) is 17.8 Å². The molecule has 5 N–H and O–H groups in total. The van der Waals surface area contributed by atoms with Gasteiger partial charge in [0.15, 0.2) is 0 Å². The molecule has 1 fully saturated rings. The van der Waals surface area contributed by atoms with Crippen LogP contribution in [-0.2, 0) is 11.8 Å². The molecule has 0 saturated heterocycles. The van der Waals surface area contributed by atoms with Crippen LogP contribution in [0.15, 0.2) is 34.3 Å². The fraction of sp³-hybridized carbons (Fsp3) is 0.667. The van der Waals surface area contributed by atoms with Crippen molar-refractivity contribution in [3.05, 3.63) is 51.0 Å². The smallest absolute Gasteiger partial charge is 0.259 e. The molecule has 1 aromatic rings. The molecule has 2 aliphatic rings. The van der Waals surface area contributed by atoms with Crippen LogP contribution in [-0.4, -0.2) is 60.6 Å². The van der Waals surface area contributed by atoms with E-state index < -0.39 is 42.0 Å². The summed E-state index contributed by atoms with van der Waals surface area (Å²) in [5, 5.41) is 52.1. The maximum absolute atomic E-state index is 13.1. The molecule has 1 unspecified atom stereocenters. The first kappa shape index (κ1) is 27.6. The van der Waals surface area contributed by atoms with Gasteiger partial charge < -0.3 is 34.8 Å². The summed E-state index contributed by atoms with van der Waals surface area (Å²) in [6, 6.07) is 0. The van der Waals surface area contributed by atoms with Crippen LogP contribution in [0.3, 0.4) is 0 Å². The zero-order chi connectivity index (χ0) is 26.2. The zero-order valence-corrected chi connectivity index (χ0v) is 21.5. The SMILES string of the molecule is CC[C@@H](C)C[C@H](C)/C=C(\C)[C@H]1O[C@@H](c2c(O)c(C3[C@@H](O)[C@@H](O)[C@@H](O)[C@H]3O)cn(C)c2=O)CC=C1C. The monoisotopic (exact) mass is 491 g/mol. The molecule has 35 heavy (non-hydrogen) atoms. The first-order valence-electron chi connectivity index (χ1n) is 12.5. The highest BCUT2D eigenvalue weighted by molar-refractivity contribution is 5.44. The van der Waals surface area contributed by atoms with Gasteiger partial charge in [0.05, 0.1) is 30.0 Å². The summed E-state index contributed by atoms with van der Waals surface area (Å²) in [5.41, 5.74) is 1.75. The van der Waals surface area contributed by atoms with Crippen molar-refractivity contribution in [2.45, 2.75) is 96.4 Å². The fourth-order valence-corrected chi connectivity index (χ4v) is 5.49. The lowest BCUT2D eigenvalue weighted by molar-refractivity contribution is -0.0413. The Bertz CT molecular complexity index is 1020. The Morgan fingerprint density at radius 1 is 1.17 bits per heavy atom. The van der Waals surface area contributed by atoms with Crippen molar-refractivity contribution in [3.8, 4) is 5.75 Å². The van der Waals surface area contributed by atoms with Crippen LogP contribution in [0.4, 0.5) is 0 Å². The largest absolute Gasteiger partial charge is 0.507 e. The molecule has 0 aromatic carbocycles. The lowest BCUT2D eigenvalue weighted by Gasteiger charge is -2.32. The number of rotatable bonds is 7. The Labute approximate surface area is 207 Å². The van der Waals surface area contributed by atoms with Crippen LogP contribution < -0.4 is 5.56 Å². The van der Waals surface area contributed by atoms with E-state index in [-0.39, 0.29) is 23.0 Å². The number of aliphatic hydroxyl groups is 4. The number of aliphatic hydroxyl groups excluding tert-OH is 4.